The molecule has 0 spiro atoms. The number of sulfonamides is 1. The van der Waals surface area contributed by atoms with Crippen LogP contribution >= 0.6 is 0 Å². The fraction of sp³-hybridized carbons (Fsp3) is 0.333. The Balaban J connectivity index is 1.79. The minimum Gasteiger partial charge on any atom is -0.241 e. The molecule has 0 atom stereocenters. The van der Waals surface area contributed by atoms with Gasteiger partial charge in [-0.1, -0.05) is 0 Å². The molecule has 3 rings (SSSR count). The van der Waals surface area contributed by atoms with Crippen LogP contribution in [0.3, 0.4) is 0 Å². The molecule has 0 amide bonds. The first-order chi connectivity index (χ1) is 11.7. The Morgan fingerprint density at radius 1 is 1.16 bits per heavy atom. The highest BCUT2D eigenvalue weighted by atomic mass is 32.2. The molecule has 1 N–H and O–H groups in total. The molecule has 2 aromatic rings. The van der Waals surface area contributed by atoms with Gasteiger partial charge in [0.05, 0.1) is 22.7 Å². The summed E-state index contributed by atoms with van der Waals surface area (Å²) in [7, 11) is -4.25. The summed E-state index contributed by atoms with van der Waals surface area (Å²) >= 11 is 0. The molecule has 0 unspecified atom stereocenters. The van der Waals surface area contributed by atoms with Gasteiger partial charge in [-0.2, -0.15) is 13.2 Å². The molecular weight excluding hydrogens is 362 g/mol. The van der Waals surface area contributed by atoms with Gasteiger partial charge in [0, 0.05) is 11.6 Å². The molecule has 0 radical (unpaired) electrons. The Kier molecular flexibility index (Phi) is 4.50. The number of alkyl halides is 3. The van der Waals surface area contributed by atoms with E-state index in [0.717, 1.165) is 24.6 Å². The van der Waals surface area contributed by atoms with Crippen molar-refractivity contribution in [3.05, 3.63) is 53.4 Å². The van der Waals surface area contributed by atoms with Gasteiger partial charge in [0.2, 0.25) is 10.0 Å². The first-order valence-corrected chi connectivity index (χ1v) is 8.82. The number of nitrogens with zero attached hydrogens (tertiary/aromatic N) is 2. The fourth-order valence-corrected chi connectivity index (χ4v) is 3.28. The van der Waals surface area contributed by atoms with E-state index in [4.69, 9.17) is 0 Å². The first-order valence-electron chi connectivity index (χ1n) is 7.34. The monoisotopic (exact) mass is 375 g/mol. The maximum absolute atomic E-state index is 13.3. The first kappa shape index (κ1) is 17.7. The van der Waals surface area contributed by atoms with E-state index < -0.39 is 32.5 Å². The van der Waals surface area contributed by atoms with E-state index in [-0.39, 0.29) is 12.6 Å². The number of halogens is 4. The fourth-order valence-electron chi connectivity index (χ4n) is 2.26. The van der Waals surface area contributed by atoms with Crippen molar-refractivity contribution in [3.8, 4) is 0 Å². The summed E-state index contributed by atoms with van der Waals surface area (Å²) in [6, 6.07) is 3.19. The van der Waals surface area contributed by atoms with E-state index in [1.807, 2.05) is 0 Å². The van der Waals surface area contributed by atoms with Crippen LogP contribution in [0.15, 0.2) is 35.5 Å². The average molecular weight is 375 g/mol. The second-order valence-corrected chi connectivity index (χ2v) is 7.44. The predicted molar refractivity (Wildman–Crippen MR) is 79.4 cm³/mol. The number of nitrogens with one attached hydrogen (secondary N) is 1. The van der Waals surface area contributed by atoms with Gasteiger partial charge >= 0.3 is 6.18 Å². The van der Waals surface area contributed by atoms with Gasteiger partial charge in [-0.3, -0.25) is 0 Å². The average Bonchev–Trinajstić information content (AvgIpc) is 3.37. The zero-order valence-electron chi connectivity index (χ0n) is 12.7. The highest BCUT2D eigenvalue weighted by Crippen LogP contribution is 2.38. The Hall–Kier alpha value is -2.07. The quantitative estimate of drug-likeness (QED) is 0.816. The molecule has 10 heteroatoms. The van der Waals surface area contributed by atoms with Crippen LogP contribution in [0.2, 0.25) is 0 Å². The Bertz CT molecular complexity index is 896. The molecule has 25 heavy (non-hydrogen) atoms. The number of hydrogen-bond acceptors (Lipinski definition) is 4. The lowest BCUT2D eigenvalue weighted by atomic mass is 10.2. The van der Waals surface area contributed by atoms with Gasteiger partial charge in [-0.15, -0.1) is 0 Å². The van der Waals surface area contributed by atoms with E-state index in [1.54, 1.807) is 6.07 Å². The summed E-state index contributed by atoms with van der Waals surface area (Å²) < 4.78 is 78.0. The highest BCUT2D eigenvalue weighted by Gasteiger charge is 2.35. The third-order valence-corrected chi connectivity index (χ3v) is 5.14. The molecular formula is C15H13F4N3O2S. The van der Waals surface area contributed by atoms with Crippen molar-refractivity contribution in [1.29, 1.82) is 0 Å². The zero-order valence-corrected chi connectivity index (χ0v) is 13.5. The molecule has 0 aliphatic heterocycles. The second kappa shape index (κ2) is 6.34. The maximum atomic E-state index is 13.3. The minimum absolute atomic E-state index is 0.205. The molecule has 1 fully saturated rings. The van der Waals surface area contributed by atoms with Crippen LogP contribution in [0.25, 0.3) is 0 Å². The van der Waals surface area contributed by atoms with Crippen molar-refractivity contribution in [1.82, 2.24) is 14.7 Å². The smallest absolute Gasteiger partial charge is 0.241 e. The lowest BCUT2D eigenvalue weighted by molar-refractivity contribution is -0.140. The predicted octanol–water partition coefficient (Wildman–Crippen LogP) is 2.99. The van der Waals surface area contributed by atoms with Crippen LogP contribution in [0.5, 0.6) is 0 Å². The summed E-state index contributed by atoms with van der Waals surface area (Å²) in [6.07, 6.45) is -1.64. The van der Waals surface area contributed by atoms with Gasteiger partial charge in [-0.05, 0) is 37.1 Å². The molecule has 0 bridgehead atoms. The molecule has 1 aliphatic rings. The maximum Gasteiger partial charge on any atom is 0.419 e. The second-order valence-electron chi connectivity index (χ2n) is 5.67. The lowest BCUT2D eigenvalue weighted by Gasteiger charge is -2.11. The van der Waals surface area contributed by atoms with Crippen LogP contribution < -0.4 is 4.72 Å². The molecule has 1 saturated carbocycles. The summed E-state index contributed by atoms with van der Waals surface area (Å²) in [4.78, 5) is 7.37. The van der Waals surface area contributed by atoms with E-state index >= 15 is 0 Å². The number of aromatic nitrogens is 2. The summed E-state index contributed by atoms with van der Waals surface area (Å²) in [5.74, 6) is -1.18. The standard InChI is InChI=1S/C15H13F4N3O2S/c16-13-4-3-11(6-12(13)15(17,18)19)25(23,24)22-7-10-5-14(9-1-2-9)21-8-20-10/h3-6,8-9,22H,1-2,7H2. The summed E-state index contributed by atoms with van der Waals surface area (Å²) in [5, 5.41) is 0. The van der Waals surface area contributed by atoms with Crippen LogP contribution in [-0.4, -0.2) is 18.4 Å². The molecule has 1 heterocycles. The molecule has 1 aromatic heterocycles. The van der Waals surface area contributed by atoms with Gasteiger partial charge < -0.3 is 0 Å². The Morgan fingerprint density at radius 2 is 1.88 bits per heavy atom. The van der Waals surface area contributed by atoms with E-state index in [2.05, 4.69) is 14.7 Å². The number of hydrogen-bond donors (Lipinski definition) is 1. The minimum atomic E-state index is -4.98. The van der Waals surface area contributed by atoms with Crippen LogP contribution in [0, 0.1) is 5.82 Å². The van der Waals surface area contributed by atoms with Crippen molar-refractivity contribution < 1.29 is 26.0 Å². The van der Waals surface area contributed by atoms with Gasteiger partial charge in [0.1, 0.15) is 12.1 Å². The molecule has 0 saturated heterocycles. The van der Waals surface area contributed by atoms with E-state index in [9.17, 15) is 26.0 Å². The molecule has 1 aromatic carbocycles. The largest absolute Gasteiger partial charge is 0.419 e. The van der Waals surface area contributed by atoms with Crippen LogP contribution in [-0.2, 0) is 22.7 Å². The summed E-state index contributed by atoms with van der Waals surface area (Å²) in [6.45, 7) is -0.205. The van der Waals surface area contributed by atoms with Gasteiger partial charge in [0.15, 0.2) is 0 Å². The Morgan fingerprint density at radius 3 is 2.52 bits per heavy atom. The third-order valence-electron chi connectivity index (χ3n) is 3.74. The zero-order chi connectivity index (χ0) is 18.2. The SMILES string of the molecule is O=S(=O)(NCc1cc(C2CC2)ncn1)c1ccc(F)c(C(F)(F)F)c1. The number of benzene rings is 1. The number of rotatable bonds is 5. The summed E-state index contributed by atoms with van der Waals surface area (Å²) in [5.41, 5.74) is -0.419. The van der Waals surface area contributed by atoms with Crippen LogP contribution in [0.4, 0.5) is 17.6 Å². The topological polar surface area (TPSA) is 72.0 Å². The van der Waals surface area contributed by atoms with Crippen LogP contribution in [0.1, 0.15) is 35.7 Å². The van der Waals surface area contributed by atoms with Crippen molar-refractivity contribution in [2.24, 2.45) is 0 Å². The highest BCUT2D eigenvalue weighted by molar-refractivity contribution is 7.89. The van der Waals surface area contributed by atoms with E-state index in [1.165, 1.54) is 6.33 Å². The van der Waals surface area contributed by atoms with Gasteiger partial charge in [0.25, 0.3) is 0 Å². The van der Waals surface area contributed by atoms with E-state index in [0.29, 0.717) is 17.7 Å². The lowest BCUT2D eigenvalue weighted by Crippen LogP contribution is -2.24. The van der Waals surface area contributed by atoms with Gasteiger partial charge in [-0.25, -0.2) is 27.5 Å². The molecule has 5 nitrogen and oxygen atoms in total. The van der Waals surface area contributed by atoms with Crippen molar-refractivity contribution in [3.63, 3.8) is 0 Å². The molecule has 134 valence electrons. The van der Waals surface area contributed by atoms with Crippen molar-refractivity contribution >= 4 is 10.0 Å². The third kappa shape index (κ3) is 4.13. The molecule has 1 aliphatic carbocycles. The van der Waals surface area contributed by atoms with Crippen molar-refractivity contribution in [2.75, 3.05) is 0 Å². The normalized spacial score (nSPS) is 15.4. The van der Waals surface area contributed by atoms with Crippen molar-refractivity contribution in [2.45, 2.75) is 36.4 Å². The Labute approximate surface area is 141 Å².